The maximum absolute atomic E-state index is 11.1. The third-order valence-corrected chi connectivity index (χ3v) is 2.12. The van der Waals surface area contributed by atoms with Gasteiger partial charge >= 0.3 is 0 Å². The lowest BCUT2D eigenvalue weighted by Gasteiger charge is -2.03. The van der Waals surface area contributed by atoms with Crippen LogP contribution in [-0.2, 0) is 13.6 Å². The van der Waals surface area contributed by atoms with E-state index in [9.17, 15) is 4.79 Å². The minimum Gasteiger partial charge on any atom is -0.394 e. The van der Waals surface area contributed by atoms with E-state index in [4.69, 9.17) is 5.73 Å². The lowest BCUT2D eigenvalue weighted by molar-refractivity contribution is 0.704. The fourth-order valence-electron chi connectivity index (χ4n) is 1.38. The van der Waals surface area contributed by atoms with Gasteiger partial charge in [-0.15, -0.1) is 0 Å². The Labute approximate surface area is 86.8 Å². The number of nitrogen functional groups attached to an aromatic ring is 1. The Morgan fingerprint density at radius 2 is 2.20 bits per heavy atom. The Hall–Kier alpha value is -2.04. The molecule has 0 saturated heterocycles. The zero-order valence-corrected chi connectivity index (χ0v) is 8.42. The smallest absolute Gasteiger partial charge is 0.204 e. The molecule has 0 spiro atoms. The van der Waals surface area contributed by atoms with Gasteiger partial charge in [0.25, 0.3) is 0 Å². The van der Waals surface area contributed by atoms with Crippen molar-refractivity contribution in [3.8, 4) is 0 Å². The summed E-state index contributed by atoms with van der Waals surface area (Å²) in [5.41, 5.74) is 6.56. The maximum Gasteiger partial charge on any atom is 0.204 e. The van der Waals surface area contributed by atoms with E-state index in [1.807, 2.05) is 23.9 Å². The van der Waals surface area contributed by atoms with Gasteiger partial charge in [0.15, 0.2) is 0 Å². The normalized spacial score (nSPS) is 10.5. The van der Waals surface area contributed by atoms with Crippen LogP contribution < -0.4 is 11.2 Å². The van der Waals surface area contributed by atoms with Gasteiger partial charge in [0, 0.05) is 31.7 Å². The lowest BCUT2D eigenvalue weighted by Crippen LogP contribution is -2.11. The standard InChI is InChI=1S/C10H12N4O/c1-13-4-2-8(12-13)6-14-5-3-10(15)9(11)7-14/h2-5,7H,6,11H2,1H3. The van der Waals surface area contributed by atoms with E-state index >= 15 is 0 Å². The largest absolute Gasteiger partial charge is 0.394 e. The molecule has 2 aromatic heterocycles. The number of aromatic nitrogens is 3. The Bertz CT molecular complexity index is 526. The molecule has 2 heterocycles. The van der Waals surface area contributed by atoms with Gasteiger partial charge in [-0.1, -0.05) is 0 Å². The first-order valence-electron chi connectivity index (χ1n) is 4.59. The summed E-state index contributed by atoms with van der Waals surface area (Å²) in [6.07, 6.45) is 5.20. The van der Waals surface area contributed by atoms with E-state index in [0.717, 1.165) is 5.69 Å². The van der Waals surface area contributed by atoms with Gasteiger partial charge < -0.3 is 10.3 Å². The Morgan fingerprint density at radius 1 is 1.40 bits per heavy atom. The molecule has 2 aromatic rings. The van der Waals surface area contributed by atoms with Crippen LogP contribution in [0.25, 0.3) is 0 Å². The summed E-state index contributed by atoms with van der Waals surface area (Å²) in [5, 5.41) is 4.23. The second-order valence-electron chi connectivity index (χ2n) is 3.42. The van der Waals surface area contributed by atoms with Gasteiger partial charge in [-0.3, -0.25) is 9.48 Å². The fourth-order valence-corrected chi connectivity index (χ4v) is 1.38. The van der Waals surface area contributed by atoms with Crippen LogP contribution in [0.3, 0.4) is 0 Å². The molecule has 0 aliphatic rings. The van der Waals surface area contributed by atoms with E-state index in [0.29, 0.717) is 6.54 Å². The highest BCUT2D eigenvalue weighted by atomic mass is 16.1. The molecule has 0 atom stereocenters. The van der Waals surface area contributed by atoms with E-state index in [1.165, 1.54) is 6.07 Å². The van der Waals surface area contributed by atoms with Crippen molar-refractivity contribution in [2.24, 2.45) is 7.05 Å². The predicted molar refractivity (Wildman–Crippen MR) is 57.4 cm³/mol. The number of anilines is 1. The third-order valence-electron chi connectivity index (χ3n) is 2.12. The minimum absolute atomic E-state index is 0.146. The summed E-state index contributed by atoms with van der Waals surface area (Å²) in [4.78, 5) is 11.1. The topological polar surface area (TPSA) is 65.8 Å². The van der Waals surface area contributed by atoms with Crippen molar-refractivity contribution >= 4 is 5.69 Å². The minimum atomic E-state index is -0.146. The SMILES string of the molecule is Cn1ccc(Cn2ccc(=O)c(N)c2)n1. The molecule has 0 amide bonds. The highest BCUT2D eigenvalue weighted by molar-refractivity contribution is 5.33. The van der Waals surface area contributed by atoms with Gasteiger partial charge in [-0.2, -0.15) is 5.10 Å². The third kappa shape index (κ3) is 2.07. The second kappa shape index (κ2) is 3.61. The summed E-state index contributed by atoms with van der Waals surface area (Å²) in [5.74, 6) is 0. The predicted octanol–water partition coefficient (Wildman–Crippen LogP) is 0.212. The molecule has 0 fully saturated rings. The Morgan fingerprint density at radius 3 is 2.80 bits per heavy atom. The van der Waals surface area contributed by atoms with Crippen molar-refractivity contribution < 1.29 is 0 Å². The van der Waals surface area contributed by atoms with Crippen molar-refractivity contribution in [1.82, 2.24) is 14.3 Å². The average molecular weight is 204 g/mol. The lowest BCUT2D eigenvalue weighted by atomic mass is 10.3. The van der Waals surface area contributed by atoms with Crippen molar-refractivity contribution in [3.05, 3.63) is 46.6 Å². The Kier molecular flexibility index (Phi) is 2.29. The van der Waals surface area contributed by atoms with Crippen LogP contribution >= 0.6 is 0 Å². The van der Waals surface area contributed by atoms with Crippen LogP contribution in [0, 0.1) is 0 Å². The molecule has 5 heteroatoms. The van der Waals surface area contributed by atoms with E-state index in [-0.39, 0.29) is 11.1 Å². The number of nitrogens with zero attached hydrogens (tertiary/aromatic N) is 3. The van der Waals surface area contributed by atoms with Crippen LogP contribution in [0.5, 0.6) is 0 Å². The average Bonchev–Trinajstić information content (AvgIpc) is 2.58. The number of hydrogen-bond donors (Lipinski definition) is 1. The highest BCUT2D eigenvalue weighted by Crippen LogP contribution is 2.00. The summed E-state index contributed by atoms with van der Waals surface area (Å²) in [7, 11) is 1.86. The van der Waals surface area contributed by atoms with Gasteiger partial charge in [-0.05, 0) is 6.07 Å². The number of pyridine rings is 1. The first kappa shape index (κ1) is 9.51. The molecular formula is C10H12N4O. The first-order valence-corrected chi connectivity index (χ1v) is 4.59. The number of hydrogen-bond acceptors (Lipinski definition) is 3. The van der Waals surface area contributed by atoms with Gasteiger partial charge in [-0.25, -0.2) is 0 Å². The van der Waals surface area contributed by atoms with Crippen LogP contribution in [0.15, 0.2) is 35.5 Å². The van der Waals surface area contributed by atoms with Gasteiger partial charge in [0.1, 0.15) is 0 Å². The molecule has 0 unspecified atom stereocenters. The molecule has 15 heavy (non-hydrogen) atoms. The Balaban J connectivity index is 2.25. The molecule has 2 N–H and O–H groups in total. The first-order chi connectivity index (χ1) is 7.15. The van der Waals surface area contributed by atoms with Gasteiger partial charge in [0.2, 0.25) is 5.43 Å². The summed E-state index contributed by atoms with van der Waals surface area (Å²) in [6, 6.07) is 3.38. The zero-order chi connectivity index (χ0) is 10.8. The molecule has 0 radical (unpaired) electrons. The molecule has 0 aliphatic heterocycles. The molecule has 0 aromatic carbocycles. The summed E-state index contributed by atoms with van der Waals surface area (Å²) < 4.78 is 3.57. The fraction of sp³-hybridized carbons (Fsp3) is 0.200. The maximum atomic E-state index is 11.1. The van der Waals surface area contributed by atoms with Crippen LogP contribution in [0.4, 0.5) is 5.69 Å². The molecule has 2 rings (SSSR count). The zero-order valence-electron chi connectivity index (χ0n) is 8.42. The van der Waals surface area contributed by atoms with Crippen LogP contribution in [0.2, 0.25) is 0 Å². The van der Waals surface area contributed by atoms with Crippen molar-refractivity contribution in [1.29, 1.82) is 0 Å². The molecule has 0 saturated carbocycles. The number of rotatable bonds is 2. The monoisotopic (exact) mass is 204 g/mol. The summed E-state index contributed by atoms with van der Waals surface area (Å²) >= 11 is 0. The van der Waals surface area contributed by atoms with Crippen molar-refractivity contribution in [2.75, 3.05) is 5.73 Å². The van der Waals surface area contributed by atoms with E-state index < -0.39 is 0 Å². The van der Waals surface area contributed by atoms with Crippen LogP contribution in [0.1, 0.15) is 5.69 Å². The second-order valence-corrected chi connectivity index (χ2v) is 3.42. The van der Waals surface area contributed by atoms with Crippen molar-refractivity contribution in [2.45, 2.75) is 6.54 Å². The van der Waals surface area contributed by atoms with Crippen LogP contribution in [-0.4, -0.2) is 14.3 Å². The number of aryl methyl sites for hydroxylation is 1. The molecular weight excluding hydrogens is 192 g/mol. The summed E-state index contributed by atoms with van der Waals surface area (Å²) in [6.45, 7) is 0.616. The number of nitrogens with two attached hydrogens (primary N) is 1. The quantitative estimate of drug-likeness (QED) is 0.760. The highest BCUT2D eigenvalue weighted by Gasteiger charge is 1.99. The molecule has 0 bridgehead atoms. The van der Waals surface area contributed by atoms with Crippen molar-refractivity contribution in [3.63, 3.8) is 0 Å². The molecule has 78 valence electrons. The molecule has 0 aliphatic carbocycles. The van der Waals surface area contributed by atoms with E-state index in [2.05, 4.69) is 5.10 Å². The van der Waals surface area contributed by atoms with Gasteiger partial charge in [0.05, 0.1) is 17.9 Å². The van der Waals surface area contributed by atoms with E-state index in [1.54, 1.807) is 17.1 Å². The molecule has 5 nitrogen and oxygen atoms in total.